The van der Waals surface area contributed by atoms with Crippen molar-refractivity contribution < 1.29 is 5.11 Å². The van der Waals surface area contributed by atoms with Crippen LogP contribution in [-0.2, 0) is 5.60 Å². The van der Waals surface area contributed by atoms with Gasteiger partial charge in [0.2, 0.25) is 0 Å². The molecule has 0 bridgehead atoms. The highest BCUT2D eigenvalue weighted by molar-refractivity contribution is 7.10. The number of aliphatic hydroxyl groups is 1. The van der Waals surface area contributed by atoms with E-state index in [-0.39, 0.29) is 5.92 Å². The van der Waals surface area contributed by atoms with Crippen molar-refractivity contribution in [2.75, 3.05) is 6.54 Å². The number of thiophene rings is 1. The zero-order chi connectivity index (χ0) is 10.2. The molecule has 1 aromatic rings. The van der Waals surface area contributed by atoms with Gasteiger partial charge >= 0.3 is 0 Å². The molecule has 3 atom stereocenters. The van der Waals surface area contributed by atoms with Crippen molar-refractivity contribution in [3.63, 3.8) is 0 Å². The Hall–Kier alpha value is -0.380. The normalized spacial score (nSPS) is 38.5. The summed E-state index contributed by atoms with van der Waals surface area (Å²) in [6.45, 7) is 5.14. The molecule has 2 nitrogen and oxygen atoms in total. The van der Waals surface area contributed by atoms with Crippen LogP contribution in [0.1, 0.15) is 25.1 Å². The molecule has 1 aliphatic heterocycles. The minimum absolute atomic E-state index is 0.289. The van der Waals surface area contributed by atoms with Gasteiger partial charge in [0.05, 0.1) is 0 Å². The van der Waals surface area contributed by atoms with Gasteiger partial charge in [0.15, 0.2) is 0 Å². The van der Waals surface area contributed by atoms with Crippen LogP contribution in [-0.4, -0.2) is 17.7 Å². The molecule has 1 aromatic heterocycles. The van der Waals surface area contributed by atoms with E-state index in [4.69, 9.17) is 0 Å². The summed E-state index contributed by atoms with van der Waals surface area (Å²) >= 11 is 1.66. The molecule has 14 heavy (non-hydrogen) atoms. The van der Waals surface area contributed by atoms with Gasteiger partial charge in [-0.2, -0.15) is 0 Å². The minimum atomic E-state index is -0.612. The lowest BCUT2D eigenvalue weighted by atomic mass is 9.79. The molecule has 1 aliphatic rings. The molecule has 1 fully saturated rings. The van der Waals surface area contributed by atoms with E-state index in [1.807, 2.05) is 17.5 Å². The quantitative estimate of drug-likeness (QED) is 0.744. The largest absolute Gasteiger partial charge is 0.384 e. The Morgan fingerprint density at radius 1 is 1.57 bits per heavy atom. The second kappa shape index (κ2) is 3.65. The molecule has 3 unspecified atom stereocenters. The van der Waals surface area contributed by atoms with E-state index < -0.39 is 5.60 Å². The van der Waals surface area contributed by atoms with Gasteiger partial charge in [-0.25, -0.2) is 0 Å². The molecular weight excluding hydrogens is 194 g/mol. The van der Waals surface area contributed by atoms with Gasteiger partial charge in [-0.05, 0) is 24.8 Å². The maximum atomic E-state index is 10.6. The Morgan fingerprint density at radius 3 is 3.00 bits per heavy atom. The second-order valence-corrected chi connectivity index (χ2v) is 5.26. The molecule has 0 spiro atoms. The summed E-state index contributed by atoms with van der Waals surface area (Å²) in [6.07, 6.45) is 0.814. The zero-order valence-corrected chi connectivity index (χ0v) is 9.47. The third-order valence-electron chi connectivity index (χ3n) is 3.15. The summed E-state index contributed by atoms with van der Waals surface area (Å²) in [5.41, 5.74) is -0.612. The Kier molecular flexibility index (Phi) is 2.64. The summed E-state index contributed by atoms with van der Waals surface area (Å²) in [6, 6.07) is 4.45. The van der Waals surface area contributed by atoms with Gasteiger partial charge in [0.1, 0.15) is 5.60 Å². The minimum Gasteiger partial charge on any atom is -0.384 e. The number of nitrogens with one attached hydrogen (secondary N) is 1. The third-order valence-corrected chi connectivity index (χ3v) is 4.19. The van der Waals surface area contributed by atoms with Crippen LogP contribution in [0, 0.1) is 5.92 Å². The first kappa shape index (κ1) is 10.1. The lowest BCUT2D eigenvalue weighted by molar-refractivity contribution is -0.0476. The van der Waals surface area contributed by atoms with Crippen molar-refractivity contribution in [3.8, 4) is 0 Å². The summed E-state index contributed by atoms with van der Waals surface area (Å²) in [7, 11) is 0. The molecule has 0 aliphatic carbocycles. The van der Waals surface area contributed by atoms with E-state index >= 15 is 0 Å². The molecule has 0 amide bonds. The summed E-state index contributed by atoms with van der Waals surface area (Å²) in [5, 5.41) is 16.1. The maximum Gasteiger partial charge on any atom is 0.104 e. The molecule has 2 N–H and O–H groups in total. The molecule has 78 valence electrons. The van der Waals surface area contributed by atoms with Crippen LogP contribution >= 0.6 is 11.3 Å². The summed E-state index contributed by atoms with van der Waals surface area (Å²) < 4.78 is 0. The average Bonchev–Trinajstić information content (AvgIpc) is 2.65. The molecular formula is C11H17NOS. The van der Waals surface area contributed by atoms with E-state index in [0.717, 1.165) is 17.8 Å². The Labute approximate surface area is 89.0 Å². The fraction of sp³-hybridized carbons (Fsp3) is 0.636. The van der Waals surface area contributed by atoms with Gasteiger partial charge < -0.3 is 10.4 Å². The molecule has 0 saturated carbocycles. The lowest BCUT2D eigenvalue weighted by Gasteiger charge is -2.41. The highest BCUT2D eigenvalue weighted by Crippen LogP contribution is 2.38. The third kappa shape index (κ3) is 1.60. The number of rotatable bonds is 1. The van der Waals surface area contributed by atoms with Gasteiger partial charge in [-0.1, -0.05) is 13.0 Å². The molecule has 0 aromatic carbocycles. The summed E-state index contributed by atoms with van der Waals surface area (Å²) in [4.78, 5) is 1.11. The van der Waals surface area contributed by atoms with E-state index in [1.165, 1.54) is 0 Å². The van der Waals surface area contributed by atoms with E-state index in [0.29, 0.717) is 6.04 Å². The first-order chi connectivity index (χ1) is 6.63. The monoisotopic (exact) mass is 211 g/mol. The van der Waals surface area contributed by atoms with Gasteiger partial charge in [-0.15, -0.1) is 11.3 Å². The molecule has 1 saturated heterocycles. The van der Waals surface area contributed by atoms with E-state index in [2.05, 4.69) is 19.2 Å². The average molecular weight is 211 g/mol. The van der Waals surface area contributed by atoms with Gasteiger partial charge in [0, 0.05) is 23.4 Å². The topological polar surface area (TPSA) is 32.3 Å². The molecule has 0 radical (unpaired) electrons. The van der Waals surface area contributed by atoms with E-state index in [9.17, 15) is 5.11 Å². The predicted molar refractivity (Wildman–Crippen MR) is 59.5 cm³/mol. The number of hydrogen-bond donors (Lipinski definition) is 2. The lowest BCUT2D eigenvalue weighted by Crippen LogP contribution is -2.50. The summed E-state index contributed by atoms with van der Waals surface area (Å²) in [5.74, 6) is 0.289. The second-order valence-electron chi connectivity index (χ2n) is 4.32. The Morgan fingerprint density at radius 2 is 2.36 bits per heavy atom. The van der Waals surface area contributed by atoms with Crippen LogP contribution in [0.5, 0.6) is 0 Å². The number of hydrogen-bond acceptors (Lipinski definition) is 3. The molecule has 2 rings (SSSR count). The van der Waals surface area contributed by atoms with Crippen LogP contribution < -0.4 is 5.32 Å². The number of piperidine rings is 1. The fourth-order valence-electron chi connectivity index (χ4n) is 2.16. The fourth-order valence-corrected chi connectivity index (χ4v) is 3.10. The van der Waals surface area contributed by atoms with Crippen LogP contribution in [0.4, 0.5) is 0 Å². The first-order valence-electron chi connectivity index (χ1n) is 5.12. The van der Waals surface area contributed by atoms with Crippen LogP contribution in [0.25, 0.3) is 0 Å². The van der Waals surface area contributed by atoms with Crippen LogP contribution in [0.3, 0.4) is 0 Å². The Balaban J connectivity index is 2.28. The van der Waals surface area contributed by atoms with Crippen molar-refractivity contribution in [2.45, 2.75) is 31.9 Å². The molecule has 2 heterocycles. The highest BCUT2D eigenvalue weighted by Gasteiger charge is 2.40. The van der Waals surface area contributed by atoms with Crippen molar-refractivity contribution >= 4 is 11.3 Å². The van der Waals surface area contributed by atoms with Crippen molar-refractivity contribution in [3.05, 3.63) is 22.4 Å². The van der Waals surface area contributed by atoms with Crippen molar-refractivity contribution in [2.24, 2.45) is 5.92 Å². The van der Waals surface area contributed by atoms with Crippen molar-refractivity contribution in [1.29, 1.82) is 0 Å². The standard InChI is InChI=1S/C11H17NOS/c1-8-7-12-9(2)6-11(8,13)10-4-3-5-14-10/h3-5,8-9,12-13H,6-7H2,1-2H3. The zero-order valence-electron chi connectivity index (χ0n) is 8.66. The SMILES string of the molecule is CC1CC(O)(c2cccs2)C(C)CN1. The smallest absolute Gasteiger partial charge is 0.104 e. The van der Waals surface area contributed by atoms with Gasteiger partial charge in [-0.3, -0.25) is 0 Å². The highest BCUT2D eigenvalue weighted by atomic mass is 32.1. The predicted octanol–water partition coefficient (Wildman–Crippen LogP) is 1.95. The van der Waals surface area contributed by atoms with E-state index in [1.54, 1.807) is 11.3 Å². The maximum absolute atomic E-state index is 10.6. The van der Waals surface area contributed by atoms with Gasteiger partial charge in [0.25, 0.3) is 0 Å². The Bertz CT molecular complexity index is 298. The van der Waals surface area contributed by atoms with Crippen LogP contribution in [0.2, 0.25) is 0 Å². The van der Waals surface area contributed by atoms with Crippen molar-refractivity contribution in [1.82, 2.24) is 5.32 Å². The van der Waals surface area contributed by atoms with Crippen LogP contribution in [0.15, 0.2) is 17.5 Å². The molecule has 3 heteroatoms. The first-order valence-corrected chi connectivity index (χ1v) is 6.00.